The van der Waals surface area contributed by atoms with Crippen LogP contribution in [0.2, 0.25) is 0 Å². The van der Waals surface area contributed by atoms with Crippen molar-refractivity contribution in [2.45, 2.75) is 24.3 Å². The van der Waals surface area contributed by atoms with Crippen molar-refractivity contribution in [1.82, 2.24) is 5.32 Å². The smallest absolute Gasteiger partial charge is 0.252 e. The van der Waals surface area contributed by atoms with Gasteiger partial charge in [-0.15, -0.1) is 0 Å². The Morgan fingerprint density at radius 3 is 2.47 bits per heavy atom. The molecule has 6 N–H and O–H groups in total. The molecule has 0 unspecified atom stereocenters. The lowest BCUT2D eigenvalue weighted by molar-refractivity contribution is -0.700. The zero-order chi connectivity index (χ0) is 13.8. The first kappa shape index (κ1) is 14.0. The number of amides is 1. The van der Waals surface area contributed by atoms with Gasteiger partial charge in [-0.2, -0.15) is 0 Å². The number of hydrogen-bond donors (Lipinski definition) is 5. The summed E-state index contributed by atoms with van der Waals surface area (Å²) >= 11 is 0. The summed E-state index contributed by atoms with van der Waals surface area (Å²) in [7, 11) is 0. The number of carbonyl (C=O) groups excluding carboxylic acids is 1. The fourth-order valence-electron chi connectivity index (χ4n) is 2.25. The summed E-state index contributed by atoms with van der Waals surface area (Å²) in [6.07, 6.45) is -2.46. The number of rotatable bonds is 5. The van der Waals surface area contributed by atoms with Gasteiger partial charge in [0.25, 0.3) is 5.91 Å². The van der Waals surface area contributed by atoms with E-state index in [4.69, 9.17) is 0 Å². The first-order chi connectivity index (χ1) is 9.13. The van der Waals surface area contributed by atoms with Crippen LogP contribution < -0.4 is 10.6 Å². The Hall–Kier alpha value is -1.47. The summed E-state index contributed by atoms with van der Waals surface area (Å²) in [5.74, 6) is -0.550. The maximum atomic E-state index is 11.2. The summed E-state index contributed by atoms with van der Waals surface area (Å²) in [6, 6.07) is 8.85. The van der Waals surface area contributed by atoms with Gasteiger partial charge in [0, 0.05) is 5.56 Å². The van der Waals surface area contributed by atoms with Gasteiger partial charge in [-0.1, -0.05) is 30.3 Å². The Bertz CT molecular complexity index is 426. The van der Waals surface area contributed by atoms with Gasteiger partial charge in [-0.05, 0) is 0 Å². The number of aliphatic hydroxyl groups excluding tert-OH is 3. The van der Waals surface area contributed by atoms with Gasteiger partial charge in [0.15, 0.2) is 6.10 Å². The fourth-order valence-corrected chi connectivity index (χ4v) is 2.25. The molecule has 0 aliphatic carbocycles. The van der Waals surface area contributed by atoms with Crippen LogP contribution in [-0.4, -0.2) is 52.6 Å². The van der Waals surface area contributed by atoms with Crippen LogP contribution in [0, 0.1) is 0 Å². The summed E-state index contributed by atoms with van der Waals surface area (Å²) < 4.78 is 0. The topological polar surface area (TPSA) is 106 Å². The molecule has 1 amide bonds. The third kappa shape index (κ3) is 3.10. The van der Waals surface area contributed by atoms with E-state index in [0.29, 0.717) is 6.54 Å². The molecule has 0 bridgehead atoms. The minimum atomic E-state index is -1.36. The first-order valence-corrected chi connectivity index (χ1v) is 6.29. The zero-order valence-corrected chi connectivity index (χ0v) is 10.4. The van der Waals surface area contributed by atoms with Crippen molar-refractivity contribution < 1.29 is 25.4 Å². The Kier molecular flexibility index (Phi) is 4.49. The molecule has 19 heavy (non-hydrogen) atoms. The zero-order valence-electron chi connectivity index (χ0n) is 10.4. The molecule has 0 radical (unpaired) electrons. The minimum absolute atomic E-state index is 0.0384. The van der Waals surface area contributed by atoms with Gasteiger partial charge in [0.1, 0.15) is 18.2 Å². The summed E-state index contributed by atoms with van der Waals surface area (Å²) in [5, 5.41) is 32.8. The summed E-state index contributed by atoms with van der Waals surface area (Å²) in [6.45, 7) is 0.355. The van der Waals surface area contributed by atoms with Crippen molar-refractivity contribution in [2.24, 2.45) is 0 Å². The second-order valence-corrected chi connectivity index (χ2v) is 4.72. The molecule has 1 aromatic rings. The molecule has 1 aliphatic rings. The van der Waals surface area contributed by atoms with Crippen molar-refractivity contribution >= 4 is 5.91 Å². The SMILES string of the molecule is O=C1N[C@H](C[NH2+][C@@H](CO)c2ccccc2)[C@@H](O)[C@H]1O. The van der Waals surface area contributed by atoms with Gasteiger partial charge in [0.2, 0.25) is 0 Å². The van der Waals surface area contributed by atoms with Gasteiger partial charge < -0.3 is 26.0 Å². The van der Waals surface area contributed by atoms with E-state index in [2.05, 4.69) is 5.32 Å². The Morgan fingerprint density at radius 2 is 1.95 bits per heavy atom. The van der Waals surface area contributed by atoms with Gasteiger partial charge in [0.05, 0.1) is 13.2 Å². The molecule has 104 valence electrons. The second kappa shape index (κ2) is 6.12. The van der Waals surface area contributed by atoms with E-state index < -0.39 is 24.2 Å². The van der Waals surface area contributed by atoms with Crippen LogP contribution in [0.25, 0.3) is 0 Å². The molecule has 1 aromatic carbocycles. The molecule has 1 aliphatic heterocycles. The van der Waals surface area contributed by atoms with Gasteiger partial charge >= 0.3 is 0 Å². The average molecular weight is 267 g/mol. The lowest BCUT2D eigenvalue weighted by atomic mass is 10.1. The number of carbonyl (C=O) groups is 1. The monoisotopic (exact) mass is 267 g/mol. The second-order valence-electron chi connectivity index (χ2n) is 4.72. The molecule has 6 heteroatoms. The average Bonchev–Trinajstić information content (AvgIpc) is 2.68. The Morgan fingerprint density at radius 1 is 1.26 bits per heavy atom. The molecule has 0 saturated carbocycles. The van der Waals surface area contributed by atoms with Crippen LogP contribution >= 0.6 is 0 Å². The van der Waals surface area contributed by atoms with Crippen molar-refractivity contribution in [1.29, 1.82) is 0 Å². The molecule has 1 fully saturated rings. The molecule has 2 rings (SSSR count). The van der Waals surface area contributed by atoms with Gasteiger partial charge in [-0.3, -0.25) is 4.79 Å². The standard InChI is InChI=1S/C13H18N2O4/c16-7-10(8-4-2-1-3-5-8)14-6-9-11(17)12(18)13(19)15-9/h1-5,9-12,14,16-18H,6-7H2,(H,15,19)/p+1/t9-,10+,11-,12-/m1/s1. The molecule has 0 aromatic heterocycles. The van der Waals surface area contributed by atoms with Crippen LogP contribution in [0.3, 0.4) is 0 Å². The van der Waals surface area contributed by atoms with Crippen molar-refractivity contribution in [3.63, 3.8) is 0 Å². The molecule has 6 nitrogen and oxygen atoms in total. The molecule has 1 heterocycles. The number of benzene rings is 1. The summed E-state index contributed by atoms with van der Waals surface area (Å²) in [4.78, 5) is 11.2. The van der Waals surface area contributed by atoms with E-state index >= 15 is 0 Å². The number of nitrogens with one attached hydrogen (secondary N) is 1. The van der Waals surface area contributed by atoms with Crippen molar-refractivity contribution in [3.05, 3.63) is 35.9 Å². The third-order valence-electron chi connectivity index (χ3n) is 3.43. The highest BCUT2D eigenvalue weighted by molar-refractivity contribution is 5.84. The quantitative estimate of drug-likeness (QED) is 0.407. The highest BCUT2D eigenvalue weighted by atomic mass is 16.3. The highest BCUT2D eigenvalue weighted by Crippen LogP contribution is 2.09. The number of quaternary nitrogens is 1. The van der Waals surface area contributed by atoms with E-state index in [1.165, 1.54) is 0 Å². The normalized spacial score (nSPS) is 28.2. The van der Waals surface area contributed by atoms with Crippen LogP contribution in [0.4, 0.5) is 0 Å². The largest absolute Gasteiger partial charge is 0.390 e. The lowest BCUT2D eigenvalue weighted by Gasteiger charge is -2.18. The van der Waals surface area contributed by atoms with E-state index in [-0.39, 0.29) is 12.6 Å². The van der Waals surface area contributed by atoms with E-state index in [1.54, 1.807) is 0 Å². The molecular weight excluding hydrogens is 248 g/mol. The molecule has 4 atom stereocenters. The highest BCUT2D eigenvalue weighted by Gasteiger charge is 2.41. The molecule has 1 saturated heterocycles. The number of aliphatic hydroxyl groups is 3. The maximum absolute atomic E-state index is 11.2. The Labute approximate surface area is 111 Å². The van der Waals surface area contributed by atoms with E-state index in [1.807, 2.05) is 35.6 Å². The number of nitrogens with two attached hydrogens (primary N) is 1. The van der Waals surface area contributed by atoms with Crippen molar-refractivity contribution in [2.75, 3.05) is 13.2 Å². The third-order valence-corrected chi connectivity index (χ3v) is 3.43. The predicted molar refractivity (Wildman–Crippen MR) is 67.0 cm³/mol. The minimum Gasteiger partial charge on any atom is -0.390 e. The van der Waals surface area contributed by atoms with E-state index in [9.17, 15) is 20.1 Å². The predicted octanol–water partition coefficient (Wildman–Crippen LogP) is -2.50. The van der Waals surface area contributed by atoms with Crippen LogP contribution in [0.5, 0.6) is 0 Å². The number of hydrogen-bond acceptors (Lipinski definition) is 4. The van der Waals surface area contributed by atoms with Crippen LogP contribution in [-0.2, 0) is 4.79 Å². The fraction of sp³-hybridized carbons (Fsp3) is 0.462. The summed E-state index contributed by atoms with van der Waals surface area (Å²) in [5.41, 5.74) is 0.976. The first-order valence-electron chi connectivity index (χ1n) is 6.29. The maximum Gasteiger partial charge on any atom is 0.252 e. The molecular formula is C13H19N2O4+. The van der Waals surface area contributed by atoms with Crippen LogP contribution in [0.15, 0.2) is 30.3 Å². The lowest BCUT2D eigenvalue weighted by Crippen LogP contribution is -2.89. The van der Waals surface area contributed by atoms with Gasteiger partial charge in [-0.25, -0.2) is 0 Å². The van der Waals surface area contributed by atoms with Crippen molar-refractivity contribution in [3.8, 4) is 0 Å². The Balaban J connectivity index is 1.92. The van der Waals surface area contributed by atoms with Crippen LogP contribution in [0.1, 0.15) is 11.6 Å². The molecule has 0 spiro atoms. The van der Waals surface area contributed by atoms with E-state index in [0.717, 1.165) is 5.56 Å².